The van der Waals surface area contributed by atoms with Crippen molar-refractivity contribution >= 4 is 81.7 Å². The normalized spacial score (nSPS) is 9.53. The Hall–Kier alpha value is -0.663. The second kappa shape index (κ2) is 26.9. The number of hydrogen-bond donors (Lipinski definition) is 3. The van der Waals surface area contributed by atoms with Crippen molar-refractivity contribution in [2.24, 2.45) is 0 Å². The zero-order valence-corrected chi connectivity index (χ0v) is 23.2. The second-order valence-corrected chi connectivity index (χ2v) is 11.7. The van der Waals surface area contributed by atoms with Crippen LogP contribution in [0.5, 0.6) is 0 Å². The molecule has 0 rings (SSSR count). The van der Waals surface area contributed by atoms with Gasteiger partial charge in [-0.05, 0) is 34.1 Å². The van der Waals surface area contributed by atoms with Gasteiger partial charge in [0.05, 0.1) is 6.61 Å². The molecule has 4 radical (unpaired) electrons. The van der Waals surface area contributed by atoms with Crippen molar-refractivity contribution in [3.05, 3.63) is 12.7 Å². The molecule has 0 bridgehead atoms. The molecule has 0 amide bonds. The van der Waals surface area contributed by atoms with Gasteiger partial charge >= 0.3 is 38.3 Å². The van der Waals surface area contributed by atoms with E-state index >= 15 is 0 Å². The van der Waals surface area contributed by atoms with Crippen LogP contribution in [-0.4, -0.2) is 72.3 Å². The van der Waals surface area contributed by atoms with Gasteiger partial charge in [-0.15, -0.1) is 0 Å². The zero-order chi connectivity index (χ0) is 25.1. The van der Waals surface area contributed by atoms with Gasteiger partial charge in [-0.25, -0.2) is 4.79 Å². The van der Waals surface area contributed by atoms with E-state index in [0.717, 1.165) is 36.4 Å². The summed E-state index contributed by atoms with van der Waals surface area (Å²) in [6, 6.07) is 0. The molecule has 12 heteroatoms. The first-order valence-corrected chi connectivity index (χ1v) is 12.4. The van der Waals surface area contributed by atoms with Gasteiger partial charge < -0.3 is 14.9 Å². The van der Waals surface area contributed by atoms with Crippen LogP contribution in [0.15, 0.2) is 12.7 Å². The fraction of sp³-hybridized carbons (Fsp3) is 0.727. The molecule has 0 heterocycles. The summed E-state index contributed by atoms with van der Waals surface area (Å²) in [4.78, 5) is 32.3. The summed E-state index contributed by atoms with van der Waals surface area (Å²) in [6.07, 6.45) is 8.47. The molecular formula is C22H43AlBNO6S3. The second-order valence-electron chi connectivity index (χ2n) is 7.22. The predicted molar refractivity (Wildman–Crippen MR) is 153 cm³/mol. The molecule has 0 aromatic carbocycles. The number of esters is 1. The number of aliphatic carboxylic acids is 2. The Morgan fingerprint density at radius 2 is 1.29 bits per heavy atom. The topological polar surface area (TPSA) is 125 Å². The summed E-state index contributed by atoms with van der Waals surface area (Å²) < 4.78 is 8.74. The molecular weight excluding hydrogens is 508 g/mol. The Kier molecular flexibility index (Phi) is 37.0. The van der Waals surface area contributed by atoms with Gasteiger partial charge in [0.25, 0.3) is 0 Å². The average molecular weight is 552 g/mol. The van der Waals surface area contributed by atoms with E-state index in [1.165, 1.54) is 59.5 Å². The Morgan fingerprint density at radius 1 is 0.941 bits per heavy atom. The van der Waals surface area contributed by atoms with Crippen molar-refractivity contribution in [3.63, 3.8) is 0 Å². The molecule has 0 saturated carbocycles. The van der Waals surface area contributed by atoms with Crippen molar-refractivity contribution in [3.8, 4) is 0 Å². The van der Waals surface area contributed by atoms with E-state index < -0.39 is 21.4 Å². The monoisotopic (exact) mass is 551 g/mol. The number of carboxylic acids is 2. The van der Waals surface area contributed by atoms with Crippen LogP contribution in [0.1, 0.15) is 88.0 Å². The molecule has 0 aromatic rings. The Morgan fingerprint density at radius 3 is 1.62 bits per heavy atom. The van der Waals surface area contributed by atoms with E-state index in [4.69, 9.17) is 31.5 Å². The molecule has 0 spiro atoms. The van der Waals surface area contributed by atoms with Gasteiger partial charge in [0.1, 0.15) is 13.0 Å². The Balaban J connectivity index is -0.000000101. The molecule has 7 nitrogen and oxygen atoms in total. The third-order valence-corrected chi connectivity index (χ3v) is 6.32. The molecule has 0 aromatic heterocycles. The van der Waals surface area contributed by atoms with Crippen molar-refractivity contribution in [2.45, 2.75) is 97.5 Å². The molecule has 0 saturated heterocycles. The third-order valence-electron chi connectivity index (χ3n) is 3.62. The van der Waals surface area contributed by atoms with Crippen molar-refractivity contribution in [1.82, 2.24) is 0 Å². The summed E-state index contributed by atoms with van der Waals surface area (Å²) in [5.74, 6) is -2.27. The minimum atomic E-state index is -1.04. The zero-order valence-electron chi connectivity index (χ0n) is 19.6. The molecule has 34 heavy (non-hydrogen) atoms. The molecule has 0 unspecified atom stereocenters. The van der Waals surface area contributed by atoms with Crippen LogP contribution in [0.2, 0.25) is 0 Å². The molecule has 3 N–H and O–H groups in total. The summed E-state index contributed by atoms with van der Waals surface area (Å²) in [6.45, 7) is 12.2. The van der Waals surface area contributed by atoms with Crippen LogP contribution in [0.4, 0.5) is 0 Å². The maximum atomic E-state index is 10.8. The van der Waals surface area contributed by atoms with E-state index in [-0.39, 0.29) is 29.2 Å². The van der Waals surface area contributed by atoms with E-state index in [2.05, 4.69) is 13.5 Å². The molecule has 0 aliphatic rings. The predicted octanol–water partition coefficient (Wildman–Crippen LogP) is 6.35. The number of nitrogens with one attached hydrogen (secondary N) is 1. The van der Waals surface area contributed by atoms with Crippen LogP contribution < -0.4 is 0 Å². The molecule has 196 valence electrons. The van der Waals surface area contributed by atoms with E-state index in [0.29, 0.717) is 10.1 Å². The molecule has 0 fully saturated rings. The van der Waals surface area contributed by atoms with Gasteiger partial charge in [0.2, 0.25) is 0 Å². The number of hydrogen-bond acceptors (Lipinski definition) is 8. The van der Waals surface area contributed by atoms with Crippen LogP contribution in [0.3, 0.4) is 0 Å². The number of rotatable bonds is 12. The molecule has 0 aliphatic heterocycles. The fourth-order valence-corrected chi connectivity index (χ4v) is 5.31. The Bertz CT molecular complexity index is 563. The third kappa shape index (κ3) is 27.6. The SMILES string of the molecule is C.C.C=CC(=O)OCCCCCCCC.CC(C)(SC(=S)SC(C)(C)C(=O)O)C(=O)O.[B].[NH]=[Al]. The number of unbranched alkanes of at least 4 members (excludes halogenated alkanes) is 5. The first-order valence-electron chi connectivity index (χ1n) is 9.77. The summed E-state index contributed by atoms with van der Waals surface area (Å²) in [5.41, 5.74) is 0. The van der Waals surface area contributed by atoms with Crippen molar-refractivity contribution < 1.29 is 29.3 Å². The molecule has 0 aliphatic carbocycles. The number of thioether (sulfide) groups is 2. The average Bonchev–Trinajstić information content (AvgIpc) is 2.68. The fourth-order valence-electron chi connectivity index (χ4n) is 1.64. The summed E-state index contributed by atoms with van der Waals surface area (Å²) >= 11 is 8.63. The van der Waals surface area contributed by atoms with E-state index in [1.807, 2.05) is 0 Å². The van der Waals surface area contributed by atoms with E-state index in [1.54, 1.807) is 16.1 Å². The first kappa shape index (κ1) is 46.6. The van der Waals surface area contributed by atoms with Gasteiger partial charge in [0.15, 0.2) is 0 Å². The van der Waals surface area contributed by atoms with Gasteiger partial charge in [-0.3, -0.25) is 9.59 Å². The van der Waals surface area contributed by atoms with Crippen LogP contribution in [0, 0.1) is 4.35 Å². The van der Waals surface area contributed by atoms with Crippen molar-refractivity contribution in [1.29, 1.82) is 4.35 Å². The van der Waals surface area contributed by atoms with Gasteiger partial charge in [-0.1, -0.05) is 96.2 Å². The van der Waals surface area contributed by atoms with Crippen LogP contribution in [0.25, 0.3) is 0 Å². The van der Waals surface area contributed by atoms with E-state index in [9.17, 15) is 14.4 Å². The number of carbonyl (C=O) groups excluding carboxylic acids is 1. The quantitative estimate of drug-likeness (QED) is 0.0837. The number of carbonyl (C=O) groups is 3. The van der Waals surface area contributed by atoms with Gasteiger partial charge in [0, 0.05) is 14.5 Å². The Labute approximate surface area is 231 Å². The summed E-state index contributed by atoms with van der Waals surface area (Å²) in [7, 11) is 0. The number of ether oxygens (including phenoxy) is 1. The minimum absolute atomic E-state index is 0. The number of thiocarbonyl (C=S) groups is 1. The maximum absolute atomic E-state index is 10.8. The summed E-state index contributed by atoms with van der Waals surface area (Å²) in [5, 5.41) is 17.8. The van der Waals surface area contributed by atoms with Crippen LogP contribution >= 0.6 is 35.7 Å². The first-order chi connectivity index (χ1) is 14.3. The molecule has 0 atom stereocenters. The standard InChI is InChI=1S/C11H20O2.C9H14O4S3.2CH4.Al.B.HN/c1-3-5-6-7-8-9-10-13-11(12)4-2;1-8(2,5(10)11)15-7(14)16-9(3,4)6(12)13;;;;;/h4H,2-3,5-10H2,1H3;1-4H3,(H,10,11)(H,12,13);2*1H4;;;1H. The number of carboxylic acid groups (broad SMARTS) is 2. The van der Waals surface area contributed by atoms with Crippen LogP contribution in [-0.2, 0) is 19.1 Å². The van der Waals surface area contributed by atoms with Crippen molar-refractivity contribution in [2.75, 3.05) is 6.61 Å². The van der Waals surface area contributed by atoms with Gasteiger partial charge in [-0.2, -0.15) is 0 Å².